The quantitative estimate of drug-likeness (QED) is 0.122. The summed E-state index contributed by atoms with van der Waals surface area (Å²) >= 11 is 0. The standard InChI is InChI=1S/C46H73NO12/c1-11-30(7)57-38-24-33(14-16-36(38)49)21-28(5)41-31(8)37(50)25-34(48)15-13-26(3)19-27(4)20-39(55-9)42-40(56-10)22-29(6)46(54,59-42)43(51)44(52)47-18-17-32(12-2)23-35(47)45(53)58-41/h11,13,21,27,29,31-33,35-42,49-50,54H,12,14-20,22-25H2,1-10H3/b26-13+,28-21?,30-11?. The molecule has 0 radical (unpaired) electrons. The number of esters is 1. The molecule has 3 fully saturated rings. The zero-order chi connectivity index (χ0) is 43.8. The second kappa shape index (κ2) is 21.7. The van der Waals surface area contributed by atoms with Gasteiger partial charge in [0.25, 0.3) is 11.7 Å². The zero-order valence-electron chi connectivity index (χ0n) is 37.2. The lowest BCUT2D eigenvalue weighted by Gasteiger charge is -2.47. The predicted molar refractivity (Wildman–Crippen MR) is 222 cm³/mol. The molecule has 13 nitrogen and oxygen atoms in total. The normalized spacial score (nSPS) is 40.3. The fourth-order valence-electron chi connectivity index (χ4n) is 9.51. The van der Waals surface area contributed by atoms with Crippen molar-refractivity contribution >= 4 is 23.4 Å². The minimum Gasteiger partial charge on any atom is -0.493 e. The third kappa shape index (κ3) is 12.1. The van der Waals surface area contributed by atoms with Crippen LogP contribution in [0.5, 0.6) is 0 Å². The lowest BCUT2D eigenvalue weighted by Crippen LogP contribution is -2.64. The number of hydrogen-bond donors (Lipinski definition) is 3. The number of ether oxygens (including phenoxy) is 5. The van der Waals surface area contributed by atoms with Crippen molar-refractivity contribution < 1.29 is 58.2 Å². The number of ketones is 2. The van der Waals surface area contributed by atoms with Gasteiger partial charge in [0, 0.05) is 45.4 Å². The zero-order valence-corrected chi connectivity index (χ0v) is 37.2. The van der Waals surface area contributed by atoms with E-state index in [4.69, 9.17) is 23.7 Å². The Bertz CT molecular complexity index is 1560. The number of amides is 1. The number of nitrogens with zero attached hydrogens (tertiary/aromatic N) is 1. The molecule has 0 aromatic rings. The summed E-state index contributed by atoms with van der Waals surface area (Å²) in [6.45, 7) is 15.0. The highest BCUT2D eigenvalue weighted by Gasteiger charge is 2.57. The molecule has 13 heteroatoms. The minimum atomic E-state index is -2.51. The Balaban J connectivity index is 1.76. The molecule has 1 saturated carbocycles. The Labute approximate surface area is 351 Å². The van der Waals surface area contributed by atoms with E-state index in [9.17, 15) is 34.5 Å². The van der Waals surface area contributed by atoms with Gasteiger partial charge >= 0.3 is 5.97 Å². The van der Waals surface area contributed by atoms with Crippen LogP contribution < -0.4 is 0 Å². The first-order valence-corrected chi connectivity index (χ1v) is 21.9. The number of aliphatic hydroxyl groups is 3. The molecule has 14 atom stereocenters. The molecule has 14 unspecified atom stereocenters. The van der Waals surface area contributed by atoms with Crippen molar-refractivity contribution in [3.63, 3.8) is 0 Å². The minimum absolute atomic E-state index is 0.0364. The van der Waals surface area contributed by atoms with E-state index < -0.39 is 84.1 Å². The summed E-state index contributed by atoms with van der Waals surface area (Å²) in [5.41, 5.74) is 1.63. The van der Waals surface area contributed by atoms with E-state index in [0.29, 0.717) is 49.9 Å². The van der Waals surface area contributed by atoms with Crippen LogP contribution in [0.1, 0.15) is 126 Å². The van der Waals surface area contributed by atoms with E-state index in [1.54, 1.807) is 13.8 Å². The van der Waals surface area contributed by atoms with Crippen LogP contribution in [0.2, 0.25) is 0 Å². The molecule has 3 aliphatic heterocycles. The topological polar surface area (TPSA) is 178 Å². The fraction of sp³-hybridized carbons (Fsp3) is 0.783. The molecule has 3 N–H and O–H groups in total. The Morgan fingerprint density at radius 3 is 2.25 bits per heavy atom. The summed E-state index contributed by atoms with van der Waals surface area (Å²) in [6.07, 6.45) is 4.96. The van der Waals surface area contributed by atoms with Gasteiger partial charge in [-0.3, -0.25) is 14.4 Å². The third-order valence-electron chi connectivity index (χ3n) is 13.5. The molecule has 0 aromatic carbocycles. The first kappa shape index (κ1) is 48.7. The highest BCUT2D eigenvalue weighted by atomic mass is 16.7. The van der Waals surface area contributed by atoms with E-state index in [1.807, 2.05) is 59.8 Å². The summed E-state index contributed by atoms with van der Waals surface area (Å²) in [6, 6.07) is -1.15. The van der Waals surface area contributed by atoms with E-state index in [-0.39, 0.29) is 55.8 Å². The molecule has 0 spiro atoms. The maximum absolute atomic E-state index is 14.5. The molecule has 4 rings (SSSR count). The number of Topliss-reactive ketones (excluding diaryl/α,β-unsaturated/α-hetero) is 2. The molecule has 0 aromatic heterocycles. The van der Waals surface area contributed by atoms with E-state index in [0.717, 1.165) is 12.0 Å². The summed E-state index contributed by atoms with van der Waals surface area (Å²) in [5.74, 6) is -6.40. The van der Waals surface area contributed by atoms with E-state index in [2.05, 4.69) is 0 Å². The smallest absolute Gasteiger partial charge is 0.329 e. The number of piperidine rings is 1. The molecule has 1 aliphatic carbocycles. The number of carbonyl (C=O) groups excluding carboxylic acids is 4. The highest BCUT2D eigenvalue weighted by Crippen LogP contribution is 2.39. The molecule has 4 aliphatic rings. The van der Waals surface area contributed by atoms with Crippen LogP contribution >= 0.6 is 0 Å². The van der Waals surface area contributed by atoms with E-state index >= 15 is 0 Å². The lowest BCUT2D eigenvalue weighted by atomic mass is 9.81. The lowest BCUT2D eigenvalue weighted by molar-refractivity contribution is -0.302. The fourth-order valence-corrected chi connectivity index (χ4v) is 9.51. The van der Waals surface area contributed by atoms with Gasteiger partial charge in [-0.2, -0.15) is 0 Å². The van der Waals surface area contributed by atoms with Crippen molar-refractivity contribution in [1.82, 2.24) is 4.90 Å². The average molecular weight is 832 g/mol. The number of methoxy groups -OCH3 is 2. The van der Waals surface area contributed by atoms with Crippen molar-refractivity contribution in [3.8, 4) is 0 Å². The molecule has 2 bridgehead atoms. The molecule has 1 amide bonds. The van der Waals surface area contributed by atoms with Crippen LogP contribution in [0, 0.1) is 29.6 Å². The Morgan fingerprint density at radius 2 is 1.61 bits per heavy atom. The summed E-state index contributed by atoms with van der Waals surface area (Å²) in [7, 11) is 3.06. The van der Waals surface area contributed by atoms with Gasteiger partial charge in [0.05, 0.1) is 30.2 Å². The molecule has 2 saturated heterocycles. The number of allylic oxidation sites excluding steroid dienone is 5. The highest BCUT2D eigenvalue weighted by molar-refractivity contribution is 6.39. The van der Waals surface area contributed by atoms with Gasteiger partial charge < -0.3 is 43.9 Å². The number of hydrogen-bond acceptors (Lipinski definition) is 12. The van der Waals surface area contributed by atoms with Crippen molar-refractivity contribution in [2.45, 2.75) is 181 Å². The monoisotopic (exact) mass is 832 g/mol. The number of fused-ring (bicyclic) bond motifs is 3. The van der Waals surface area contributed by atoms with Crippen molar-refractivity contribution in [2.24, 2.45) is 29.6 Å². The van der Waals surface area contributed by atoms with Crippen molar-refractivity contribution in [3.05, 3.63) is 35.1 Å². The largest absolute Gasteiger partial charge is 0.493 e. The molecule has 59 heavy (non-hydrogen) atoms. The maximum Gasteiger partial charge on any atom is 0.329 e. The van der Waals surface area contributed by atoms with Crippen LogP contribution in [-0.2, 0) is 42.9 Å². The molecular weight excluding hydrogens is 759 g/mol. The summed E-state index contributed by atoms with van der Waals surface area (Å²) < 4.78 is 30.4. The molecule has 3 heterocycles. The van der Waals surface area contributed by atoms with Gasteiger partial charge in [0.1, 0.15) is 30.1 Å². The van der Waals surface area contributed by atoms with Gasteiger partial charge in [-0.1, -0.05) is 51.8 Å². The number of aliphatic hydroxyl groups excluding tert-OH is 2. The molecular formula is C46H73NO12. The van der Waals surface area contributed by atoms with Gasteiger partial charge in [-0.15, -0.1) is 0 Å². The van der Waals surface area contributed by atoms with Crippen molar-refractivity contribution in [1.29, 1.82) is 0 Å². The van der Waals surface area contributed by atoms with Gasteiger partial charge in [0.2, 0.25) is 5.79 Å². The van der Waals surface area contributed by atoms with Crippen LogP contribution in [0.3, 0.4) is 0 Å². The third-order valence-corrected chi connectivity index (χ3v) is 13.5. The Hall–Kier alpha value is -2.94. The first-order valence-electron chi connectivity index (χ1n) is 21.9. The SMILES string of the molecule is CC=C(C)OC1CC(C=C(C)C2OC(=O)C3CC(CC)CCN3C(=O)C(=O)C3(O)OC(C(OC)CC(C)C/C(C)=C/CC(=O)CC(O)C2C)C(OC)CC3C)CCC1O. The van der Waals surface area contributed by atoms with Gasteiger partial charge in [-0.05, 0) is 108 Å². The van der Waals surface area contributed by atoms with Crippen LogP contribution in [0.25, 0.3) is 0 Å². The van der Waals surface area contributed by atoms with Gasteiger partial charge in [-0.25, -0.2) is 4.79 Å². The van der Waals surface area contributed by atoms with Gasteiger partial charge in [0.15, 0.2) is 0 Å². The van der Waals surface area contributed by atoms with Crippen LogP contribution in [0.15, 0.2) is 35.1 Å². The van der Waals surface area contributed by atoms with Crippen molar-refractivity contribution in [2.75, 3.05) is 20.8 Å². The van der Waals surface area contributed by atoms with E-state index in [1.165, 1.54) is 19.1 Å². The number of rotatable bonds is 7. The second-order valence-corrected chi connectivity index (χ2v) is 18.0. The maximum atomic E-state index is 14.5. The predicted octanol–water partition coefficient (Wildman–Crippen LogP) is 5.77. The number of carbonyl (C=O) groups is 4. The summed E-state index contributed by atoms with van der Waals surface area (Å²) in [5, 5.41) is 34.4. The molecule has 334 valence electrons. The van der Waals surface area contributed by atoms with Crippen LogP contribution in [-0.4, -0.2) is 119 Å². The first-order chi connectivity index (χ1) is 27.9. The number of cyclic esters (lactones) is 1. The Kier molecular flexibility index (Phi) is 17.9. The average Bonchev–Trinajstić information content (AvgIpc) is 3.21. The summed E-state index contributed by atoms with van der Waals surface area (Å²) in [4.78, 5) is 57.9. The Morgan fingerprint density at radius 1 is 0.932 bits per heavy atom. The van der Waals surface area contributed by atoms with Crippen LogP contribution in [0.4, 0.5) is 0 Å². The second-order valence-electron chi connectivity index (χ2n) is 18.0.